The minimum atomic E-state index is -2.80. The molecule has 0 bridgehead atoms. The van der Waals surface area contributed by atoms with Crippen molar-refractivity contribution in [1.29, 1.82) is 0 Å². The molecule has 2 nitrogen and oxygen atoms in total. The number of rotatable bonds is 4. The largest absolute Gasteiger partial charge is 0.377 e. The van der Waals surface area contributed by atoms with Crippen molar-refractivity contribution in [2.75, 3.05) is 38.0 Å². The number of anilines is 2. The molecule has 0 saturated heterocycles. The summed E-state index contributed by atoms with van der Waals surface area (Å²) in [6.45, 7) is 27.5. The monoisotopic (exact) mass is 565 g/mol. The van der Waals surface area contributed by atoms with Gasteiger partial charge in [-0.15, -0.1) is 0 Å². The predicted octanol–water partition coefficient (Wildman–Crippen LogP) is 9.28. The molecule has 0 aromatic heterocycles. The highest BCUT2D eigenvalue weighted by atomic mass is 35.9. The smallest absolute Gasteiger partial charge is 0.276 e. The Bertz CT molecular complexity index is 1050. The summed E-state index contributed by atoms with van der Waals surface area (Å²) in [5.74, 6) is -2.80. The van der Waals surface area contributed by atoms with Crippen LogP contribution in [-0.2, 0) is 21.7 Å². The molecule has 0 fully saturated rings. The molecular formula is C32H52Cl2N2P+. The van der Waals surface area contributed by atoms with Gasteiger partial charge in [0.25, 0.3) is 5.97 Å². The Kier molecular flexibility index (Phi) is 8.91. The van der Waals surface area contributed by atoms with Gasteiger partial charge in [-0.3, -0.25) is 0 Å². The minimum Gasteiger partial charge on any atom is -0.377 e. The fourth-order valence-electron chi connectivity index (χ4n) is 5.54. The van der Waals surface area contributed by atoms with Gasteiger partial charge >= 0.3 is 0 Å². The van der Waals surface area contributed by atoms with Gasteiger partial charge in [-0.05, 0) is 57.1 Å². The second kappa shape index (κ2) is 10.2. The lowest BCUT2D eigenvalue weighted by Crippen LogP contribution is -2.36. The molecule has 2 aromatic rings. The van der Waals surface area contributed by atoms with Crippen LogP contribution in [-0.4, -0.2) is 28.2 Å². The Labute approximate surface area is 239 Å². The van der Waals surface area contributed by atoms with Gasteiger partial charge in [-0.25, -0.2) is 0 Å². The summed E-state index contributed by atoms with van der Waals surface area (Å²) >= 11 is 15.5. The molecular weight excluding hydrogens is 514 g/mol. The van der Waals surface area contributed by atoms with E-state index in [1.165, 1.54) is 33.6 Å². The topological polar surface area (TPSA) is 6.48 Å². The van der Waals surface area contributed by atoms with E-state index >= 15 is 0 Å². The summed E-state index contributed by atoms with van der Waals surface area (Å²) in [7, 11) is 8.48. The number of hydrogen-bond donors (Lipinski definition) is 0. The average Bonchev–Trinajstić information content (AvgIpc) is 2.68. The van der Waals surface area contributed by atoms with Crippen molar-refractivity contribution < 1.29 is 0 Å². The lowest BCUT2D eigenvalue weighted by atomic mass is 9.74. The van der Waals surface area contributed by atoms with Gasteiger partial charge in [-0.2, -0.15) is 0 Å². The summed E-state index contributed by atoms with van der Waals surface area (Å²) in [4.78, 5) is 4.43. The minimum absolute atomic E-state index is 0.0792. The van der Waals surface area contributed by atoms with Crippen LogP contribution in [0.1, 0.15) is 105 Å². The first-order chi connectivity index (χ1) is 16.3. The third-order valence-corrected chi connectivity index (χ3v) is 11.0. The van der Waals surface area contributed by atoms with E-state index in [9.17, 15) is 0 Å². The van der Waals surface area contributed by atoms with Crippen molar-refractivity contribution in [1.82, 2.24) is 0 Å². The van der Waals surface area contributed by atoms with Gasteiger partial charge in [0.1, 0.15) is 33.1 Å². The molecule has 0 atom stereocenters. The van der Waals surface area contributed by atoms with Gasteiger partial charge in [0.05, 0.1) is 0 Å². The first kappa shape index (κ1) is 32.3. The van der Waals surface area contributed by atoms with Crippen molar-refractivity contribution in [2.45, 2.75) is 105 Å². The van der Waals surface area contributed by atoms with Crippen molar-refractivity contribution >= 4 is 50.4 Å². The summed E-state index contributed by atoms with van der Waals surface area (Å²) in [6.07, 6.45) is 0. The van der Waals surface area contributed by atoms with Crippen molar-refractivity contribution in [2.24, 2.45) is 0 Å². The Morgan fingerprint density at radius 1 is 0.459 bits per heavy atom. The standard InChI is InChI=1S/C32H52Cl2N2P/c1-29(2,3)25-21(35(13)14)17-19-23(27(25)31(7,8)9)37(33,34)24-20-18-22(36(15)16)26(30(4,5)6)28(24)32(10,11)12/h17-20H,1-16H3/q+1. The van der Waals surface area contributed by atoms with Crippen LogP contribution in [0.4, 0.5) is 11.4 Å². The zero-order chi connectivity index (χ0) is 29.1. The van der Waals surface area contributed by atoms with E-state index < -0.39 is 5.97 Å². The van der Waals surface area contributed by atoms with Gasteiger partial charge < -0.3 is 9.80 Å². The maximum atomic E-state index is 7.77. The van der Waals surface area contributed by atoms with Crippen molar-refractivity contribution in [3.05, 3.63) is 46.5 Å². The fraction of sp³-hybridized carbons (Fsp3) is 0.625. The van der Waals surface area contributed by atoms with E-state index in [0.717, 1.165) is 10.6 Å². The Morgan fingerprint density at radius 2 is 0.703 bits per heavy atom. The van der Waals surface area contributed by atoms with Crippen LogP contribution in [0.25, 0.3) is 0 Å². The highest BCUT2D eigenvalue weighted by molar-refractivity contribution is 8.26. The van der Waals surface area contributed by atoms with E-state index in [-0.39, 0.29) is 21.7 Å². The predicted molar refractivity (Wildman–Crippen MR) is 174 cm³/mol. The van der Waals surface area contributed by atoms with E-state index in [0.29, 0.717) is 0 Å². The number of hydrogen-bond acceptors (Lipinski definition) is 2. The maximum absolute atomic E-state index is 7.77. The van der Waals surface area contributed by atoms with Gasteiger partial charge in [-0.1, -0.05) is 83.1 Å². The second-order valence-corrected chi connectivity index (χ2v) is 20.6. The average molecular weight is 567 g/mol. The van der Waals surface area contributed by atoms with Crippen molar-refractivity contribution in [3.63, 3.8) is 0 Å². The summed E-state index contributed by atoms with van der Waals surface area (Å²) in [6, 6.07) is 8.87. The molecule has 2 rings (SSSR count). The number of benzene rings is 2. The molecule has 2 aromatic carbocycles. The second-order valence-electron chi connectivity index (χ2n) is 15.0. The highest BCUT2D eigenvalue weighted by Gasteiger charge is 2.51. The molecule has 0 aliphatic carbocycles. The van der Waals surface area contributed by atoms with Crippen LogP contribution in [0.15, 0.2) is 24.3 Å². The quantitative estimate of drug-likeness (QED) is 0.340. The van der Waals surface area contributed by atoms with E-state index in [4.69, 9.17) is 22.5 Å². The summed E-state index contributed by atoms with van der Waals surface area (Å²) < 4.78 is 0. The van der Waals surface area contributed by atoms with Crippen LogP contribution in [0.2, 0.25) is 0 Å². The molecule has 208 valence electrons. The Hall–Kier alpha value is -0.950. The third-order valence-electron chi connectivity index (χ3n) is 6.89. The third kappa shape index (κ3) is 6.45. The van der Waals surface area contributed by atoms with Gasteiger partial charge in [0.2, 0.25) is 0 Å². The molecule has 0 saturated carbocycles. The molecule has 0 amide bonds. The van der Waals surface area contributed by atoms with Gasteiger partial charge in [0, 0.05) is 50.7 Å². The first-order valence-electron chi connectivity index (χ1n) is 13.3. The number of nitrogens with zero attached hydrogens (tertiary/aromatic N) is 2. The molecule has 0 unspecified atom stereocenters. The summed E-state index contributed by atoms with van der Waals surface area (Å²) in [5.41, 5.74) is 7.21. The highest BCUT2D eigenvalue weighted by Crippen LogP contribution is 2.69. The molecule has 0 aliphatic rings. The van der Waals surface area contributed by atoms with E-state index in [2.05, 4.69) is 145 Å². The molecule has 0 heterocycles. The maximum Gasteiger partial charge on any atom is 0.276 e. The molecule has 0 spiro atoms. The van der Waals surface area contributed by atoms with Gasteiger partial charge in [0.15, 0.2) is 0 Å². The zero-order valence-corrected chi connectivity index (χ0v) is 28.8. The SMILES string of the molecule is CN(C)c1ccc([P+](Cl)(Cl)c2ccc(N(C)C)c(C(C)(C)C)c2C(C)(C)C)c(C(C)(C)C)c1C(C)(C)C. The summed E-state index contributed by atoms with van der Waals surface area (Å²) in [5, 5.41) is 2.17. The van der Waals surface area contributed by atoms with E-state index in [1.807, 2.05) is 0 Å². The van der Waals surface area contributed by atoms with Crippen LogP contribution >= 0.6 is 28.4 Å². The molecule has 5 heteroatoms. The van der Waals surface area contributed by atoms with Crippen LogP contribution in [0.3, 0.4) is 0 Å². The number of halogens is 2. The normalized spacial score (nSPS) is 13.7. The molecule has 0 radical (unpaired) electrons. The lowest BCUT2D eigenvalue weighted by Gasteiger charge is -2.38. The molecule has 0 aliphatic heterocycles. The Balaban J connectivity index is 3.19. The molecule has 37 heavy (non-hydrogen) atoms. The Morgan fingerprint density at radius 3 is 0.892 bits per heavy atom. The lowest BCUT2D eigenvalue weighted by molar-refractivity contribution is 0.532. The van der Waals surface area contributed by atoms with Crippen LogP contribution in [0.5, 0.6) is 0 Å². The first-order valence-corrected chi connectivity index (χ1v) is 16.9. The van der Waals surface area contributed by atoms with Crippen LogP contribution in [0, 0.1) is 0 Å². The fourth-order valence-corrected chi connectivity index (χ4v) is 9.47. The molecule has 0 N–H and O–H groups in total. The van der Waals surface area contributed by atoms with Crippen molar-refractivity contribution in [3.8, 4) is 0 Å². The zero-order valence-electron chi connectivity index (χ0n) is 26.4. The van der Waals surface area contributed by atoms with Crippen LogP contribution < -0.4 is 20.4 Å². The van der Waals surface area contributed by atoms with E-state index in [1.54, 1.807) is 0 Å².